The average Bonchev–Trinajstić information content (AvgIpc) is 2.77. The number of hydrogen-bond acceptors (Lipinski definition) is 4. The molecular weight excluding hydrogens is 375 g/mol. The van der Waals surface area contributed by atoms with Crippen molar-refractivity contribution in [2.24, 2.45) is 0 Å². The molecular formula is C22H17FN2O4. The van der Waals surface area contributed by atoms with Gasteiger partial charge in [0.1, 0.15) is 11.6 Å². The fraction of sp³-hybridized carbons (Fsp3) is 0.0455. The van der Waals surface area contributed by atoms with E-state index in [9.17, 15) is 18.8 Å². The van der Waals surface area contributed by atoms with Gasteiger partial charge in [-0.05, 0) is 36.4 Å². The molecule has 0 aliphatic carbocycles. The molecule has 0 bridgehead atoms. The lowest BCUT2D eigenvalue weighted by molar-refractivity contribution is -0.123. The number of carbonyl (C=O) groups excluding carboxylic acids is 3. The first-order valence-corrected chi connectivity index (χ1v) is 8.71. The van der Waals surface area contributed by atoms with E-state index in [1.807, 2.05) is 6.07 Å². The number of benzene rings is 3. The molecule has 0 atom stereocenters. The highest BCUT2D eigenvalue weighted by Gasteiger charge is 2.12. The van der Waals surface area contributed by atoms with E-state index in [1.54, 1.807) is 48.5 Å². The molecule has 0 aliphatic rings. The largest absolute Gasteiger partial charge is 0.484 e. The van der Waals surface area contributed by atoms with Crippen molar-refractivity contribution in [2.75, 3.05) is 6.61 Å². The molecule has 0 radical (unpaired) electrons. The van der Waals surface area contributed by atoms with E-state index in [-0.39, 0.29) is 18.0 Å². The summed E-state index contributed by atoms with van der Waals surface area (Å²) in [6.07, 6.45) is 0. The average molecular weight is 392 g/mol. The summed E-state index contributed by atoms with van der Waals surface area (Å²) in [7, 11) is 0. The smallest absolute Gasteiger partial charge is 0.276 e. The van der Waals surface area contributed by atoms with Crippen molar-refractivity contribution in [1.82, 2.24) is 10.9 Å². The van der Waals surface area contributed by atoms with Crippen LogP contribution >= 0.6 is 0 Å². The van der Waals surface area contributed by atoms with E-state index >= 15 is 0 Å². The van der Waals surface area contributed by atoms with Crippen LogP contribution in [0.5, 0.6) is 5.75 Å². The van der Waals surface area contributed by atoms with Gasteiger partial charge in [-0.1, -0.05) is 42.5 Å². The van der Waals surface area contributed by atoms with Gasteiger partial charge in [0.2, 0.25) is 0 Å². The predicted octanol–water partition coefficient (Wildman–Crippen LogP) is 2.90. The van der Waals surface area contributed by atoms with Crippen LogP contribution in [0.3, 0.4) is 0 Å². The minimum absolute atomic E-state index is 0.120. The summed E-state index contributed by atoms with van der Waals surface area (Å²) < 4.78 is 18.8. The highest BCUT2D eigenvalue weighted by molar-refractivity contribution is 6.09. The van der Waals surface area contributed by atoms with Crippen LogP contribution in [0.25, 0.3) is 0 Å². The number of ether oxygens (including phenoxy) is 1. The molecule has 0 spiro atoms. The number of hydrazine groups is 1. The van der Waals surface area contributed by atoms with Crippen LogP contribution in [0, 0.1) is 5.82 Å². The number of ketones is 1. The lowest BCUT2D eigenvalue weighted by Crippen LogP contribution is -2.44. The zero-order valence-electron chi connectivity index (χ0n) is 15.2. The Morgan fingerprint density at radius 2 is 1.38 bits per heavy atom. The second-order valence-electron chi connectivity index (χ2n) is 5.99. The van der Waals surface area contributed by atoms with E-state index in [1.165, 1.54) is 18.2 Å². The Morgan fingerprint density at radius 3 is 2.07 bits per heavy atom. The summed E-state index contributed by atoms with van der Waals surface area (Å²) in [4.78, 5) is 36.0. The van der Waals surface area contributed by atoms with E-state index in [0.717, 1.165) is 6.07 Å². The molecule has 3 aromatic rings. The van der Waals surface area contributed by atoms with Gasteiger partial charge in [0.15, 0.2) is 12.4 Å². The van der Waals surface area contributed by atoms with Crippen molar-refractivity contribution in [2.45, 2.75) is 0 Å². The summed E-state index contributed by atoms with van der Waals surface area (Å²) in [5, 5.41) is 0. The van der Waals surface area contributed by atoms with Crippen molar-refractivity contribution in [3.8, 4) is 5.75 Å². The number of amides is 2. The Hall–Kier alpha value is -4.00. The second-order valence-corrected chi connectivity index (χ2v) is 5.99. The molecule has 0 aromatic heterocycles. The Kier molecular flexibility index (Phi) is 6.32. The number of halogens is 1. The summed E-state index contributed by atoms with van der Waals surface area (Å²) >= 11 is 0. The molecule has 0 aliphatic heterocycles. The topological polar surface area (TPSA) is 84.5 Å². The van der Waals surface area contributed by atoms with Crippen molar-refractivity contribution in [1.29, 1.82) is 0 Å². The van der Waals surface area contributed by atoms with Gasteiger partial charge in [0.05, 0.1) is 5.56 Å². The van der Waals surface area contributed by atoms with Crippen LogP contribution in [0.4, 0.5) is 4.39 Å². The van der Waals surface area contributed by atoms with Crippen LogP contribution in [-0.4, -0.2) is 24.2 Å². The van der Waals surface area contributed by atoms with Crippen molar-refractivity contribution in [3.63, 3.8) is 0 Å². The van der Waals surface area contributed by atoms with Gasteiger partial charge in [0.25, 0.3) is 11.8 Å². The first-order chi connectivity index (χ1) is 14.0. The molecule has 3 rings (SSSR count). The van der Waals surface area contributed by atoms with Crippen molar-refractivity contribution in [3.05, 3.63) is 101 Å². The lowest BCUT2D eigenvalue weighted by atomic mass is 10.0. The van der Waals surface area contributed by atoms with E-state index in [2.05, 4.69) is 10.9 Å². The maximum absolute atomic E-state index is 13.5. The number of carbonyl (C=O) groups is 3. The standard InChI is InChI=1S/C22H17FN2O4/c23-19-9-5-4-8-18(19)22(28)25-24-20(26)14-29-17-12-10-16(11-13-17)21(27)15-6-2-1-3-7-15/h1-13H,14H2,(H,24,26)(H,25,28). The number of rotatable bonds is 6. The van der Waals surface area contributed by atoms with Gasteiger partial charge in [-0.2, -0.15) is 0 Å². The zero-order valence-corrected chi connectivity index (χ0v) is 15.2. The van der Waals surface area contributed by atoms with E-state index in [0.29, 0.717) is 16.9 Å². The Balaban J connectivity index is 1.48. The molecule has 29 heavy (non-hydrogen) atoms. The minimum Gasteiger partial charge on any atom is -0.484 e. The first kappa shape index (κ1) is 19.8. The van der Waals surface area contributed by atoms with Crippen LogP contribution in [-0.2, 0) is 4.79 Å². The maximum Gasteiger partial charge on any atom is 0.276 e. The molecule has 6 nitrogen and oxygen atoms in total. The number of hydrogen-bond donors (Lipinski definition) is 2. The molecule has 146 valence electrons. The van der Waals surface area contributed by atoms with E-state index < -0.39 is 17.6 Å². The molecule has 2 amide bonds. The quantitative estimate of drug-likeness (QED) is 0.499. The van der Waals surface area contributed by atoms with Crippen molar-refractivity contribution >= 4 is 17.6 Å². The molecule has 0 unspecified atom stereocenters. The van der Waals surface area contributed by atoms with Gasteiger partial charge in [-0.25, -0.2) is 4.39 Å². The SMILES string of the molecule is O=C(COc1ccc(C(=O)c2ccccc2)cc1)NNC(=O)c1ccccc1F. The van der Waals surface area contributed by atoms with E-state index in [4.69, 9.17) is 4.74 Å². The Labute approximate surface area is 166 Å². The first-order valence-electron chi connectivity index (χ1n) is 8.71. The molecule has 0 saturated carbocycles. The fourth-order valence-electron chi connectivity index (χ4n) is 2.48. The fourth-order valence-corrected chi connectivity index (χ4v) is 2.48. The highest BCUT2D eigenvalue weighted by Crippen LogP contribution is 2.15. The monoisotopic (exact) mass is 392 g/mol. The number of nitrogens with one attached hydrogen (secondary N) is 2. The minimum atomic E-state index is -0.778. The van der Waals surface area contributed by atoms with Gasteiger partial charge < -0.3 is 4.74 Å². The summed E-state index contributed by atoms with van der Waals surface area (Å²) in [6, 6.07) is 20.6. The predicted molar refractivity (Wildman–Crippen MR) is 104 cm³/mol. The summed E-state index contributed by atoms with van der Waals surface area (Å²) in [6.45, 7) is -0.371. The normalized spacial score (nSPS) is 10.1. The van der Waals surface area contributed by atoms with Gasteiger partial charge in [-0.3, -0.25) is 25.2 Å². The molecule has 0 heterocycles. The third-order valence-corrected chi connectivity index (χ3v) is 3.96. The van der Waals surface area contributed by atoms with Gasteiger partial charge in [-0.15, -0.1) is 0 Å². The van der Waals surface area contributed by atoms with Crippen LogP contribution in [0.1, 0.15) is 26.3 Å². The molecule has 0 saturated heterocycles. The molecule has 7 heteroatoms. The van der Waals surface area contributed by atoms with Crippen molar-refractivity contribution < 1.29 is 23.5 Å². The zero-order chi connectivity index (χ0) is 20.6. The second kappa shape index (κ2) is 9.27. The summed E-state index contributed by atoms with van der Waals surface area (Å²) in [5.74, 6) is -1.84. The molecule has 0 fully saturated rings. The van der Waals surface area contributed by atoms with Crippen LogP contribution in [0.15, 0.2) is 78.9 Å². The van der Waals surface area contributed by atoms with Gasteiger partial charge in [0, 0.05) is 11.1 Å². The third kappa shape index (κ3) is 5.26. The highest BCUT2D eigenvalue weighted by atomic mass is 19.1. The Morgan fingerprint density at radius 1 is 0.759 bits per heavy atom. The van der Waals surface area contributed by atoms with Crippen LogP contribution < -0.4 is 15.6 Å². The third-order valence-electron chi connectivity index (χ3n) is 3.96. The lowest BCUT2D eigenvalue weighted by Gasteiger charge is -2.09. The van der Waals surface area contributed by atoms with Gasteiger partial charge >= 0.3 is 0 Å². The summed E-state index contributed by atoms with van der Waals surface area (Å²) in [5.41, 5.74) is 5.14. The maximum atomic E-state index is 13.5. The molecule has 2 N–H and O–H groups in total. The Bertz CT molecular complexity index is 1020. The molecule has 3 aromatic carbocycles. The van der Waals surface area contributed by atoms with Crippen LogP contribution in [0.2, 0.25) is 0 Å².